The van der Waals surface area contributed by atoms with Crippen LogP contribution in [0, 0.1) is 13.8 Å². The fourth-order valence-electron chi connectivity index (χ4n) is 6.67. The van der Waals surface area contributed by atoms with Gasteiger partial charge in [0.05, 0.1) is 25.1 Å². The highest BCUT2D eigenvalue weighted by molar-refractivity contribution is 6.89. The SMILES string of the molecule is Cc1cnc(-c2cccc(N(c3cccc(-c4cc([Si](C)(C)C)c(C)cn4)c3)c3ccccc3-c3ccccc3)c2)cc1-c1ccccc1. The third kappa shape index (κ3) is 6.74. The van der Waals surface area contributed by atoms with Crippen LogP contribution in [-0.2, 0) is 0 Å². The number of aryl methyl sites for hydroxylation is 2. The zero-order valence-electron chi connectivity index (χ0n) is 28.9. The summed E-state index contributed by atoms with van der Waals surface area (Å²) >= 11 is 0. The van der Waals surface area contributed by atoms with E-state index in [1.807, 2.05) is 12.4 Å². The fraction of sp³-hybridized carbons (Fsp3) is 0.111. The van der Waals surface area contributed by atoms with Gasteiger partial charge in [0, 0.05) is 40.5 Å². The van der Waals surface area contributed by atoms with E-state index in [0.717, 1.165) is 50.7 Å². The molecule has 0 unspecified atom stereocenters. The number of para-hydroxylation sites is 1. The normalized spacial score (nSPS) is 11.4. The molecule has 0 fully saturated rings. The van der Waals surface area contributed by atoms with Crippen LogP contribution >= 0.6 is 0 Å². The van der Waals surface area contributed by atoms with Crippen molar-refractivity contribution in [2.24, 2.45) is 0 Å². The summed E-state index contributed by atoms with van der Waals surface area (Å²) in [4.78, 5) is 12.2. The summed E-state index contributed by atoms with van der Waals surface area (Å²) in [6.45, 7) is 11.5. The van der Waals surface area contributed by atoms with Crippen molar-refractivity contribution in [3.05, 3.63) is 169 Å². The lowest BCUT2D eigenvalue weighted by Crippen LogP contribution is -2.39. The third-order valence-corrected chi connectivity index (χ3v) is 11.3. The van der Waals surface area contributed by atoms with Crippen molar-refractivity contribution in [1.29, 1.82) is 0 Å². The molecule has 0 atom stereocenters. The molecule has 0 spiro atoms. The van der Waals surface area contributed by atoms with Crippen molar-refractivity contribution in [2.75, 3.05) is 4.90 Å². The Kier molecular flexibility index (Phi) is 8.81. The largest absolute Gasteiger partial charge is 0.310 e. The summed E-state index contributed by atoms with van der Waals surface area (Å²) in [6, 6.07) is 51.9. The van der Waals surface area contributed by atoms with Crippen molar-refractivity contribution in [1.82, 2.24) is 9.97 Å². The zero-order chi connectivity index (χ0) is 34.0. The molecule has 49 heavy (non-hydrogen) atoms. The summed E-state index contributed by atoms with van der Waals surface area (Å²) in [6.07, 6.45) is 4.03. The van der Waals surface area contributed by atoms with Gasteiger partial charge in [-0.25, -0.2) is 0 Å². The van der Waals surface area contributed by atoms with Gasteiger partial charge in [-0.15, -0.1) is 0 Å². The summed E-state index contributed by atoms with van der Waals surface area (Å²) in [5, 5.41) is 1.45. The lowest BCUT2D eigenvalue weighted by Gasteiger charge is -2.29. The number of benzene rings is 5. The van der Waals surface area contributed by atoms with E-state index in [1.54, 1.807) is 0 Å². The molecule has 2 heterocycles. The van der Waals surface area contributed by atoms with Gasteiger partial charge < -0.3 is 4.90 Å². The monoisotopic (exact) mass is 651 g/mol. The Morgan fingerprint density at radius 2 is 0.939 bits per heavy atom. The van der Waals surface area contributed by atoms with E-state index in [9.17, 15) is 0 Å². The van der Waals surface area contributed by atoms with Crippen LogP contribution in [0.15, 0.2) is 158 Å². The van der Waals surface area contributed by atoms with Gasteiger partial charge in [-0.2, -0.15) is 0 Å². The summed E-state index contributed by atoms with van der Waals surface area (Å²) in [7, 11) is -1.55. The average molecular weight is 652 g/mol. The van der Waals surface area contributed by atoms with Crippen LogP contribution < -0.4 is 10.1 Å². The highest BCUT2D eigenvalue weighted by Gasteiger charge is 2.22. The Bertz CT molecular complexity index is 2240. The van der Waals surface area contributed by atoms with E-state index in [1.165, 1.54) is 27.4 Å². The van der Waals surface area contributed by atoms with E-state index in [-0.39, 0.29) is 0 Å². The standard InChI is InChI=1S/C45H41N3Si/c1-32-30-46-42(28-41(32)35-18-10-7-11-19-35)36-20-14-22-38(26-36)48(44-25-13-12-24-40(44)34-16-8-6-9-17-34)39-23-15-21-37(27-39)43-29-45(49(3,4)5)33(2)31-47-43/h6-31H,1-5H3. The molecule has 0 radical (unpaired) electrons. The van der Waals surface area contributed by atoms with Gasteiger partial charge in [-0.1, -0.05) is 128 Å². The highest BCUT2D eigenvalue weighted by atomic mass is 28.3. The van der Waals surface area contributed by atoms with E-state index in [4.69, 9.17) is 9.97 Å². The quantitative estimate of drug-likeness (QED) is 0.153. The molecule has 0 bridgehead atoms. The maximum Gasteiger partial charge on any atom is 0.0781 e. The molecular formula is C45H41N3Si. The highest BCUT2D eigenvalue weighted by Crippen LogP contribution is 2.42. The summed E-state index contributed by atoms with van der Waals surface area (Å²) in [5.41, 5.74) is 14.5. The molecule has 2 aromatic heterocycles. The van der Waals surface area contributed by atoms with Crippen LogP contribution in [0.1, 0.15) is 11.1 Å². The molecular weight excluding hydrogens is 611 g/mol. The first kappa shape index (κ1) is 32.0. The Labute approximate surface area is 291 Å². The zero-order valence-corrected chi connectivity index (χ0v) is 29.9. The molecule has 0 aliphatic heterocycles. The first-order valence-electron chi connectivity index (χ1n) is 16.9. The average Bonchev–Trinajstić information content (AvgIpc) is 3.13. The third-order valence-electron chi connectivity index (χ3n) is 9.13. The van der Waals surface area contributed by atoms with Gasteiger partial charge in [-0.3, -0.25) is 9.97 Å². The number of hydrogen-bond acceptors (Lipinski definition) is 3. The molecule has 240 valence electrons. The molecule has 7 rings (SSSR count). The molecule has 0 saturated heterocycles. The van der Waals surface area contributed by atoms with Crippen molar-refractivity contribution in [3.63, 3.8) is 0 Å². The number of hydrogen-bond donors (Lipinski definition) is 0. The van der Waals surface area contributed by atoms with Gasteiger partial charge in [0.25, 0.3) is 0 Å². The maximum absolute atomic E-state index is 4.92. The predicted molar refractivity (Wildman–Crippen MR) is 211 cm³/mol. The Morgan fingerprint density at radius 3 is 1.53 bits per heavy atom. The van der Waals surface area contributed by atoms with Crippen molar-refractivity contribution < 1.29 is 0 Å². The van der Waals surface area contributed by atoms with E-state index in [2.05, 4.69) is 184 Å². The molecule has 5 aromatic carbocycles. The topological polar surface area (TPSA) is 29.0 Å². The number of anilines is 3. The van der Waals surface area contributed by atoms with Crippen LogP contribution in [0.3, 0.4) is 0 Å². The van der Waals surface area contributed by atoms with E-state index in [0.29, 0.717) is 0 Å². The summed E-state index contributed by atoms with van der Waals surface area (Å²) in [5.74, 6) is 0. The van der Waals surface area contributed by atoms with Gasteiger partial charge >= 0.3 is 0 Å². The Morgan fingerprint density at radius 1 is 0.449 bits per heavy atom. The Hall–Kier alpha value is -5.58. The van der Waals surface area contributed by atoms with Gasteiger partial charge in [0.15, 0.2) is 0 Å². The molecule has 0 saturated carbocycles. The first-order chi connectivity index (χ1) is 23.8. The molecule has 0 N–H and O–H groups in total. The maximum atomic E-state index is 4.92. The molecule has 7 aromatic rings. The van der Waals surface area contributed by atoms with Crippen LogP contribution in [-0.4, -0.2) is 18.0 Å². The summed E-state index contributed by atoms with van der Waals surface area (Å²) < 4.78 is 0. The van der Waals surface area contributed by atoms with Crippen LogP contribution in [0.2, 0.25) is 19.6 Å². The van der Waals surface area contributed by atoms with Gasteiger partial charge in [0.2, 0.25) is 0 Å². The lowest BCUT2D eigenvalue weighted by molar-refractivity contribution is 1.25. The molecule has 0 amide bonds. The van der Waals surface area contributed by atoms with Crippen LogP contribution in [0.4, 0.5) is 17.1 Å². The fourth-order valence-corrected chi connectivity index (χ4v) is 8.48. The minimum atomic E-state index is -1.55. The number of aromatic nitrogens is 2. The second-order valence-corrected chi connectivity index (χ2v) is 18.7. The second-order valence-electron chi connectivity index (χ2n) is 13.7. The minimum absolute atomic E-state index is 0.944. The van der Waals surface area contributed by atoms with E-state index < -0.39 is 8.07 Å². The molecule has 0 aliphatic rings. The van der Waals surface area contributed by atoms with Crippen molar-refractivity contribution >= 4 is 30.3 Å². The van der Waals surface area contributed by atoms with Crippen molar-refractivity contribution in [3.8, 4) is 44.8 Å². The van der Waals surface area contributed by atoms with Crippen LogP contribution in [0.5, 0.6) is 0 Å². The second kappa shape index (κ2) is 13.5. The van der Waals surface area contributed by atoms with Crippen LogP contribution in [0.25, 0.3) is 44.8 Å². The number of rotatable bonds is 8. The number of pyridine rings is 2. The minimum Gasteiger partial charge on any atom is -0.310 e. The van der Waals surface area contributed by atoms with Crippen molar-refractivity contribution in [2.45, 2.75) is 33.5 Å². The molecule has 3 nitrogen and oxygen atoms in total. The first-order valence-corrected chi connectivity index (χ1v) is 20.4. The van der Waals surface area contributed by atoms with E-state index >= 15 is 0 Å². The van der Waals surface area contributed by atoms with Gasteiger partial charge in [-0.05, 0) is 84.1 Å². The lowest BCUT2D eigenvalue weighted by atomic mass is 9.99. The van der Waals surface area contributed by atoms with Gasteiger partial charge in [0.1, 0.15) is 0 Å². The smallest absolute Gasteiger partial charge is 0.0781 e. The number of nitrogens with zero attached hydrogens (tertiary/aromatic N) is 3. The molecule has 0 aliphatic carbocycles. The Balaban J connectivity index is 1.39. The predicted octanol–water partition coefficient (Wildman–Crippen LogP) is 11.8. The molecule has 4 heteroatoms.